The van der Waals surface area contributed by atoms with Crippen molar-refractivity contribution in [3.63, 3.8) is 0 Å². The molecule has 5 nitrogen and oxygen atoms in total. The number of rotatable bonds is 2. The van der Waals surface area contributed by atoms with Gasteiger partial charge < -0.3 is 0 Å². The third kappa shape index (κ3) is 2.41. The monoisotopic (exact) mass is 372 g/mol. The average Bonchev–Trinajstić information content (AvgIpc) is 3.22. The highest BCUT2D eigenvalue weighted by Gasteiger charge is 2.21. The summed E-state index contributed by atoms with van der Waals surface area (Å²) >= 11 is 1.64. The molecule has 0 saturated carbocycles. The van der Waals surface area contributed by atoms with Crippen molar-refractivity contribution in [2.24, 2.45) is 14.1 Å². The van der Waals surface area contributed by atoms with Crippen LogP contribution in [0.3, 0.4) is 0 Å². The summed E-state index contributed by atoms with van der Waals surface area (Å²) in [4.78, 5) is 22.8. The van der Waals surface area contributed by atoms with E-state index in [0.29, 0.717) is 0 Å². The molecule has 0 spiro atoms. The highest BCUT2D eigenvalue weighted by Crippen LogP contribution is 2.37. The van der Waals surface area contributed by atoms with E-state index in [1.807, 2.05) is 42.1 Å². The van der Waals surface area contributed by atoms with Crippen molar-refractivity contribution in [2.75, 3.05) is 0 Å². The summed E-state index contributed by atoms with van der Waals surface area (Å²) in [5.41, 5.74) is 4.22. The maximum Gasteiger partial charge on any atom is 0.275 e. The molecule has 0 aliphatic rings. The zero-order valence-electron chi connectivity index (χ0n) is 14.9. The molecule has 6 heteroatoms. The van der Waals surface area contributed by atoms with Crippen molar-refractivity contribution in [1.82, 2.24) is 19.3 Å². The topological polar surface area (TPSA) is 52.7 Å². The molecule has 5 rings (SSSR count). The fourth-order valence-electron chi connectivity index (χ4n) is 3.48. The van der Waals surface area contributed by atoms with Gasteiger partial charge in [-0.3, -0.25) is 24.1 Å². The predicted octanol–water partition coefficient (Wildman–Crippen LogP) is 4.22. The molecule has 0 aliphatic carbocycles. The fourth-order valence-corrected chi connectivity index (χ4v) is 4.58. The van der Waals surface area contributed by atoms with Gasteiger partial charge in [-0.2, -0.15) is 0 Å². The third-order valence-corrected chi connectivity index (χ3v) is 6.07. The lowest BCUT2D eigenvalue weighted by Gasteiger charge is -2.08. The Balaban J connectivity index is 1.81. The predicted molar refractivity (Wildman–Crippen MR) is 110 cm³/mol. The maximum absolute atomic E-state index is 13.0. The minimum Gasteiger partial charge on any atom is -0.285 e. The third-order valence-electron chi connectivity index (χ3n) is 4.93. The molecule has 0 amide bonds. The van der Waals surface area contributed by atoms with Crippen LogP contribution in [0, 0.1) is 0 Å². The van der Waals surface area contributed by atoms with E-state index >= 15 is 0 Å². The molecular weight excluding hydrogens is 356 g/mol. The van der Waals surface area contributed by atoms with Gasteiger partial charge in [0.15, 0.2) is 0 Å². The molecule has 27 heavy (non-hydrogen) atoms. The Morgan fingerprint density at radius 2 is 1.67 bits per heavy atom. The summed E-state index contributed by atoms with van der Waals surface area (Å²) in [6.45, 7) is 0. The van der Waals surface area contributed by atoms with Crippen LogP contribution in [0.5, 0.6) is 0 Å². The summed E-state index contributed by atoms with van der Waals surface area (Å²) in [5.74, 6) is 0. The van der Waals surface area contributed by atoms with E-state index in [9.17, 15) is 4.79 Å². The van der Waals surface area contributed by atoms with E-state index in [1.54, 1.807) is 35.5 Å². The van der Waals surface area contributed by atoms with Crippen molar-refractivity contribution < 1.29 is 0 Å². The average molecular weight is 372 g/mol. The minimum absolute atomic E-state index is 0.00158. The SMILES string of the molecule is Cn1c(-c2ccc3nccnc3c2)c(-c2cc3ccccc3s2)c(=O)n1C. The molecule has 0 atom stereocenters. The molecule has 0 unspecified atom stereocenters. The quantitative estimate of drug-likeness (QED) is 0.466. The van der Waals surface area contributed by atoms with Gasteiger partial charge in [-0.25, -0.2) is 0 Å². The van der Waals surface area contributed by atoms with E-state index in [1.165, 1.54) is 4.70 Å². The summed E-state index contributed by atoms with van der Waals surface area (Å²) in [6, 6.07) is 16.2. The van der Waals surface area contributed by atoms with Crippen molar-refractivity contribution in [2.45, 2.75) is 0 Å². The smallest absolute Gasteiger partial charge is 0.275 e. The van der Waals surface area contributed by atoms with E-state index in [2.05, 4.69) is 28.2 Å². The molecule has 0 saturated heterocycles. The highest BCUT2D eigenvalue weighted by molar-refractivity contribution is 7.22. The molecule has 132 valence electrons. The minimum atomic E-state index is -0.00158. The van der Waals surface area contributed by atoms with Crippen molar-refractivity contribution in [3.05, 3.63) is 71.3 Å². The van der Waals surface area contributed by atoms with Crippen LogP contribution in [-0.4, -0.2) is 19.3 Å². The van der Waals surface area contributed by atoms with Crippen LogP contribution in [0.15, 0.2) is 65.7 Å². The summed E-state index contributed by atoms with van der Waals surface area (Å²) in [6.07, 6.45) is 3.37. The molecule has 0 fully saturated rings. The van der Waals surface area contributed by atoms with Gasteiger partial charge in [-0.15, -0.1) is 11.3 Å². The first kappa shape index (κ1) is 16.0. The van der Waals surface area contributed by atoms with Crippen LogP contribution in [0.1, 0.15) is 0 Å². The van der Waals surface area contributed by atoms with Gasteiger partial charge in [0.25, 0.3) is 5.56 Å². The Kier molecular flexibility index (Phi) is 3.48. The van der Waals surface area contributed by atoms with Gasteiger partial charge in [-0.1, -0.05) is 24.3 Å². The summed E-state index contributed by atoms with van der Waals surface area (Å²) < 4.78 is 4.73. The Bertz CT molecular complexity index is 1340. The molecule has 3 heterocycles. The van der Waals surface area contributed by atoms with Gasteiger partial charge in [0.05, 0.1) is 22.3 Å². The summed E-state index contributed by atoms with van der Waals surface area (Å²) in [7, 11) is 3.71. The normalized spacial score (nSPS) is 11.5. The molecule has 2 aromatic carbocycles. The number of hydrogen-bond acceptors (Lipinski definition) is 4. The number of nitrogens with zero attached hydrogens (tertiary/aromatic N) is 4. The van der Waals surface area contributed by atoms with E-state index in [0.717, 1.165) is 38.1 Å². The first-order valence-corrected chi connectivity index (χ1v) is 9.41. The van der Waals surface area contributed by atoms with Gasteiger partial charge in [0, 0.05) is 41.6 Å². The van der Waals surface area contributed by atoms with Crippen LogP contribution >= 0.6 is 11.3 Å². The van der Waals surface area contributed by atoms with Gasteiger partial charge in [-0.05, 0) is 29.7 Å². The zero-order valence-corrected chi connectivity index (χ0v) is 15.7. The Hall–Kier alpha value is -3.25. The second-order valence-corrected chi connectivity index (χ2v) is 7.57. The number of fused-ring (bicyclic) bond motifs is 2. The number of thiophene rings is 1. The van der Waals surface area contributed by atoms with Crippen LogP contribution in [0.25, 0.3) is 42.8 Å². The Morgan fingerprint density at radius 1 is 0.889 bits per heavy atom. The molecule has 0 aliphatic heterocycles. The Morgan fingerprint density at radius 3 is 2.48 bits per heavy atom. The van der Waals surface area contributed by atoms with Gasteiger partial charge in [0.1, 0.15) is 0 Å². The van der Waals surface area contributed by atoms with Crippen molar-refractivity contribution in [3.8, 4) is 21.7 Å². The number of hydrogen-bond donors (Lipinski definition) is 0. The van der Waals surface area contributed by atoms with E-state index < -0.39 is 0 Å². The maximum atomic E-state index is 13.0. The fraction of sp³-hybridized carbons (Fsp3) is 0.0952. The molecule has 5 aromatic rings. The largest absolute Gasteiger partial charge is 0.285 e. The molecule has 0 radical (unpaired) electrons. The first-order chi connectivity index (χ1) is 13.1. The molecule has 0 N–H and O–H groups in total. The molecule has 0 bridgehead atoms. The lowest BCUT2D eigenvalue weighted by Crippen LogP contribution is -2.17. The van der Waals surface area contributed by atoms with Crippen LogP contribution in [-0.2, 0) is 14.1 Å². The summed E-state index contributed by atoms with van der Waals surface area (Å²) in [5, 5.41) is 1.15. The molecular formula is C21H16N4OS. The van der Waals surface area contributed by atoms with Crippen molar-refractivity contribution in [1.29, 1.82) is 0 Å². The number of benzene rings is 2. The zero-order chi connectivity index (χ0) is 18.5. The lowest BCUT2D eigenvalue weighted by molar-refractivity contribution is 0.584. The second kappa shape index (κ2) is 5.89. The van der Waals surface area contributed by atoms with Crippen molar-refractivity contribution >= 4 is 32.5 Å². The second-order valence-electron chi connectivity index (χ2n) is 6.48. The lowest BCUT2D eigenvalue weighted by atomic mass is 10.1. The van der Waals surface area contributed by atoms with Gasteiger partial charge in [0.2, 0.25) is 0 Å². The van der Waals surface area contributed by atoms with Crippen LogP contribution < -0.4 is 5.56 Å². The van der Waals surface area contributed by atoms with Crippen LogP contribution in [0.2, 0.25) is 0 Å². The Labute approximate surface area is 159 Å². The first-order valence-electron chi connectivity index (χ1n) is 8.59. The van der Waals surface area contributed by atoms with E-state index in [4.69, 9.17) is 0 Å². The van der Waals surface area contributed by atoms with E-state index in [-0.39, 0.29) is 5.56 Å². The highest BCUT2D eigenvalue weighted by atomic mass is 32.1. The molecule has 3 aromatic heterocycles. The number of aromatic nitrogens is 4. The standard InChI is InChI=1S/C21H16N4OS/c1-24-20(14-7-8-15-16(11-14)23-10-9-22-15)19(21(26)25(24)2)18-12-13-5-3-4-6-17(13)27-18/h3-12H,1-2H3. The van der Waals surface area contributed by atoms with Crippen LogP contribution in [0.4, 0.5) is 0 Å². The van der Waals surface area contributed by atoms with Gasteiger partial charge >= 0.3 is 0 Å².